The number of methoxy groups -OCH3 is 2. The molecule has 1 aliphatic rings. The van der Waals surface area contributed by atoms with Crippen molar-refractivity contribution in [2.24, 2.45) is 0 Å². The summed E-state index contributed by atoms with van der Waals surface area (Å²) in [6, 6.07) is 8.90. The fraction of sp³-hybridized carbons (Fsp3) is 0.500. The number of para-hydroxylation sites is 1. The minimum absolute atomic E-state index is 0.00254. The molecule has 1 fully saturated rings. The van der Waals surface area contributed by atoms with E-state index in [2.05, 4.69) is 0 Å². The van der Waals surface area contributed by atoms with E-state index in [1.165, 1.54) is 0 Å². The maximum absolute atomic E-state index is 12.4. The van der Waals surface area contributed by atoms with Crippen LogP contribution >= 0.6 is 0 Å². The monoisotopic (exact) mass is 304 g/mol. The third kappa shape index (κ3) is 3.75. The zero-order valence-corrected chi connectivity index (χ0v) is 12.8. The Morgan fingerprint density at radius 2 is 2.18 bits per heavy atom. The molecule has 1 amide bonds. The number of nitriles is 1. The number of ether oxygens (including phenoxy) is 3. The van der Waals surface area contributed by atoms with Gasteiger partial charge >= 0.3 is 0 Å². The van der Waals surface area contributed by atoms with Crippen LogP contribution in [-0.2, 0) is 14.3 Å². The number of carbonyl (C=O) groups excluding carboxylic acids is 1. The summed E-state index contributed by atoms with van der Waals surface area (Å²) in [6.45, 7) is 0.905. The first-order valence-corrected chi connectivity index (χ1v) is 7.12. The van der Waals surface area contributed by atoms with Gasteiger partial charge in [0.1, 0.15) is 11.8 Å². The summed E-state index contributed by atoms with van der Waals surface area (Å²) in [4.78, 5) is 14.1. The van der Waals surface area contributed by atoms with E-state index in [1.807, 2.05) is 6.07 Å². The molecule has 2 atom stereocenters. The van der Waals surface area contributed by atoms with Crippen LogP contribution in [0.5, 0.6) is 5.75 Å². The maximum Gasteiger partial charge on any atom is 0.260 e. The highest BCUT2D eigenvalue weighted by atomic mass is 16.5. The number of amides is 1. The van der Waals surface area contributed by atoms with E-state index < -0.39 is 0 Å². The molecule has 2 rings (SSSR count). The molecule has 6 nitrogen and oxygen atoms in total. The van der Waals surface area contributed by atoms with Crippen LogP contribution in [0.2, 0.25) is 0 Å². The summed E-state index contributed by atoms with van der Waals surface area (Å²) < 4.78 is 16.0. The topological polar surface area (TPSA) is 71.8 Å². The molecule has 1 aromatic rings. The van der Waals surface area contributed by atoms with Crippen molar-refractivity contribution in [1.29, 1.82) is 5.26 Å². The summed E-state index contributed by atoms with van der Waals surface area (Å²) in [5.41, 5.74) is 0.417. The molecule has 0 spiro atoms. The third-order valence-electron chi connectivity index (χ3n) is 3.75. The van der Waals surface area contributed by atoms with Crippen LogP contribution in [0.25, 0.3) is 0 Å². The van der Waals surface area contributed by atoms with Crippen molar-refractivity contribution in [3.05, 3.63) is 29.8 Å². The van der Waals surface area contributed by atoms with Crippen molar-refractivity contribution < 1.29 is 19.0 Å². The highest BCUT2D eigenvalue weighted by Gasteiger charge is 2.35. The van der Waals surface area contributed by atoms with Crippen molar-refractivity contribution >= 4 is 5.91 Å². The fourth-order valence-corrected chi connectivity index (χ4v) is 2.61. The van der Waals surface area contributed by atoms with Crippen molar-refractivity contribution in [2.75, 3.05) is 34.0 Å². The van der Waals surface area contributed by atoms with Gasteiger partial charge in [-0.15, -0.1) is 0 Å². The second-order valence-electron chi connectivity index (χ2n) is 5.15. The Hall–Kier alpha value is -2.10. The lowest BCUT2D eigenvalue weighted by Gasteiger charge is -2.23. The zero-order valence-electron chi connectivity index (χ0n) is 12.8. The van der Waals surface area contributed by atoms with Gasteiger partial charge in [-0.25, -0.2) is 0 Å². The molecule has 0 aliphatic carbocycles. The number of hydrogen-bond donors (Lipinski definition) is 0. The molecule has 1 heterocycles. The van der Waals surface area contributed by atoms with Gasteiger partial charge in [0.15, 0.2) is 6.61 Å². The van der Waals surface area contributed by atoms with E-state index in [-0.39, 0.29) is 24.7 Å². The van der Waals surface area contributed by atoms with Crippen LogP contribution in [0.1, 0.15) is 12.0 Å². The lowest BCUT2D eigenvalue weighted by atomic mass is 10.2. The second kappa shape index (κ2) is 7.78. The van der Waals surface area contributed by atoms with Gasteiger partial charge in [-0.1, -0.05) is 12.1 Å². The quantitative estimate of drug-likeness (QED) is 0.789. The van der Waals surface area contributed by atoms with Gasteiger partial charge < -0.3 is 19.1 Å². The standard InChI is InChI=1S/C16H20N2O4/c1-20-10-13-7-14(21-2)9-18(13)16(19)11-22-15-6-4-3-5-12(15)8-17/h3-6,13-14H,7,9-11H2,1-2H3/t13-,14+/m0/s1. The first kappa shape index (κ1) is 16.3. The molecular formula is C16H20N2O4. The van der Waals surface area contributed by atoms with Crippen LogP contribution in [0, 0.1) is 11.3 Å². The fourth-order valence-electron chi connectivity index (χ4n) is 2.61. The molecule has 1 aromatic carbocycles. The van der Waals surface area contributed by atoms with E-state index in [0.29, 0.717) is 24.5 Å². The Kier molecular flexibility index (Phi) is 5.75. The van der Waals surface area contributed by atoms with Crippen molar-refractivity contribution in [3.8, 4) is 11.8 Å². The van der Waals surface area contributed by atoms with Gasteiger partial charge in [0, 0.05) is 20.8 Å². The molecular weight excluding hydrogens is 284 g/mol. The Balaban J connectivity index is 1.97. The predicted molar refractivity (Wildman–Crippen MR) is 79.4 cm³/mol. The highest BCUT2D eigenvalue weighted by molar-refractivity contribution is 5.78. The molecule has 6 heteroatoms. The normalized spacial score (nSPS) is 20.7. The Morgan fingerprint density at radius 3 is 2.86 bits per heavy atom. The first-order valence-electron chi connectivity index (χ1n) is 7.12. The lowest BCUT2D eigenvalue weighted by Crippen LogP contribution is -2.41. The van der Waals surface area contributed by atoms with Crippen molar-refractivity contribution in [2.45, 2.75) is 18.6 Å². The van der Waals surface area contributed by atoms with E-state index in [4.69, 9.17) is 19.5 Å². The van der Waals surface area contributed by atoms with Crippen LogP contribution in [0.15, 0.2) is 24.3 Å². The van der Waals surface area contributed by atoms with E-state index in [0.717, 1.165) is 6.42 Å². The van der Waals surface area contributed by atoms with E-state index >= 15 is 0 Å². The summed E-state index contributed by atoms with van der Waals surface area (Å²) in [5.74, 6) is 0.290. The molecule has 1 saturated heterocycles. The van der Waals surface area contributed by atoms with E-state index in [1.54, 1.807) is 43.4 Å². The van der Waals surface area contributed by atoms with E-state index in [9.17, 15) is 4.79 Å². The molecule has 22 heavy (non-hydrogen) atoms. The third-order valence-corrected chi connectivity index (χ3v) is 3.75. The highest BCUT2D eigenvalue weighted by Crippen LogP contribution is 2.21. The van der Waals surface area contributed by atoms with Crippen molar-refractivity contribution in [3.63, 3.8) is 0 Å². The molecule has 0 bridgehead atoms. The average molecular weight is 304 g/mol. The molecule has 0 unspecified atom stereocenters. The van der Waals surface area contributed by atoms with Gasteiger partial charge in [0.2, 0.25) is 0 Å². The number of likely N-dealkylation sites (tertiary alicyclic amines) is 1. The van der Waals surface area contributed by atoms with Gasteiger partial charge in [0.05, 0.1) is 24.3 Å². The minimum atomic E-state index is -0.130. The Bertz CT molecular complexity index is 555. The molecule has 118 valence electrons. The molecule has 0 aromatic heterocycles. The van der Waals surface area contributed by atoms with Crippen LogP contribution in [0.4, 0.5) is 0 Å². The zero-order chi connectivity index (χ0) is 15.9. The Morgan fingerprint density at radius 1 is 1.41 bits per heavy atom. The van der Waals surface area contributed by atoms with Gasteiger partial charge in [-0.2, -0.15) is 5.26 Å². The van der Waals surface area contributed by atoms with Gasteiger partial charge in [-0.05, 0) is 18.6 Å². The van der Waals surface area contributed by atoms with Gasteiger partial charge in [-0.3, -0.25) is 4.79 Å². The molecule has 0 saturated carbocycles. The largest absolute Gasteiger partial charge is 0.482 e. The number of rotatable bonds is 6. The Labute approximate surface area is 130 Å². The van der Waals surface area contributed by atoms with Crippen LogP contribution in [-0.4, -0.2) is 56.9 Å². The smallest absolute Gasteiger partial charge is 0.260 e. The summed E-state index contributed by atoms with van der Waals surface area (Å²) in [6.07, 6.45) is 0.778. The summed E-state index contributed by atoms with van der Waals surface area (Å²) in [7, 11) is 3.25. The van der Waals surface area contributed by atoms with Crippen molar-refractivity contribution in [1.82, 2.24) is 4.90 Å². The maximum atomic E-state index is 12.4. The summed E-state index contributed by atoms with van der Waals surface area (Å²) in [5, 5.41) is 9.02. The predicted octanol–water partition coefficient (Wildman–Crippen LogP) is 1.20. The number of benzene rings is 1. The molecule has 0 radical (unpaired) electrons. The number of nitrogens with zero attached hydrogens (tertiary/aromatic N) is 2. The molecule has 1 aliphatic heterocycles. The minimum Gasteiger partial charge on any atom is -0.482 e. The second-order valence-corrected chi connectivity index (χ2v) is 5.15. The average Bonchev–Trinajstić information content (AvgIpc) is 2.96. The SMILES string of the molecule is COC[C@@H]1C[C@@H](OC)CN1C(=O)COc1ccccc1C#N. The lowest BCUT2D eigenvalue weighted by molar-refractivity contribution is -0.135. The van der Waals surface area contributed by atoms with Crippen LogP contribution < -0.4 is 4.74 Å². The summed E-state index contributed by atoms with van der Waals surface area (Å²) >= 11 is 0. The number of carbonyl (C=O) groups is 1. The number of hydrogen-bond acceptors (Lipinski definition) is 5. The first-order chi connectivity index (χ1) is 10.7. The van der Waals surface area contributed by atoms with Crippen LogP contribution in [0.3, 0.4) is 0 Å². The molecule has 0 N–H and O–H groups in total. The van der Waals surface area contributed by atoms with Gasteiger partial charge in [0.25, 0.3) is 5.91 Å².